The third-order valence-electron chi connectivity index (χ3n) is 3.16. The van der Waals surface area contributed by atoms with Crippen molar-refractivity contribution in [1.82, 2.24) is 0 Å². The van der Waals surface area contributed by atoms with Crippen LogP contribution in [-0.2, 0) is 49.3 Å². The summed E-state index contributed by atoms with van der Waals surface area (Å²) in [7, 11) is -3.29. The highest BCUT2D eigenvalue weighted by Gasteiger charge is 2.15. The third kappa shape index (κ3) is 21.6. The Hall–Kier alpha value is -0.670. The smallest absolute Gasteiger partial charge is 0.313 e. The lowest BCUT2D eigenvalue weighted by Crippen LogP contribution is -2.17. The quantitative estimate of drug-likeness (QED) is 0.120. The van der Waals surface area contributed by atoms with Crippen LogP contribution in [0.3, 0.4) is 0 Å². The van der Waals surface area contributed by atoms with Gasteiger partial charge in [0.2, 0.25) is 0 Å². The molecule has 1 aliphatic carbocycles. The van der Waals surface area contributed by atoms with E-state index in [1.54, 1.807) is 0 Å². The molecule has 0 radical (unpaired) electrons. The maximum atomic E-state index is 8.88. The summed E-state index contributed by atoms with van der Waals surface area (Å²) in [6, 6.07) is 0. The molecule has 1 rings (SSSR count). The fraction of sp³-hybridized carbons (Fsp3) is 0.857. The summed E-state index contributed by atoms with van der Waals surface area (Å²) in [5.41, 5.74) is 0. The van der Waals surface area contributed by atoms with Gasteiger partial charge in [-0.1, -0.05) is 32.6 Å². The fourth-order valence-corrected chi connectivity index (χ4v) is 2.01. The Morgan fingerprint density at radius 3 is 2.29 bits per heavy atom. The van der Waals surface area contributed by atoms with E-state index in [2.05, 4.69) is 30.1 Å². The zero-order valence-corrected chi connectivity index (χ0v) is 16.8. The minimum atomic E-state index is -4.64. The van der Waals surface area contributed by atoms with Gasteiger partial charge in [0.05, 0.1) is 19.8 Å². The van der Waals surface area contributed by atoms with Gasteiger partial charge in [0.15, 0.2) is 0 Å². The second-order valence-electron chi connectivity index (χ2n) is 5.49. The van der Waals surface area contributed by atoms with Gasteiger partial charge in [-0.3, -0.25) is 0 Å². The monoisotopic (exact) mass is 436 g/mol. The van der Waals surface area contributed by atoms with E-state index in [1.807, 2.05) is 13.0 Å². The SMILES string of the molecule is CCCC=C(CCOOOOOOC1CCCCC1)OOOC.O=P(O)(O)O. The van der Waals surface area contributed by atoms with Gasteiger partial charge in [0.25, 0.3) is 0 Å². The normalized spacial score (nSPS) is 15.8. The largest absolute Gasteiger partial charge is 0.466 e. The lowest BCUT2D eigenvalue weighted by molar-refractivity contribution is -0.760. The average Bonchev–Trinajstić information content (AvgIpc) is 2.65. The van der Waals surface area contributed by atoms with Gasteiger partial charge in [0, 0.05) is 6.42 Å². The van der Waals surface area contributed by atoms with Gasteiger partial charge in [-0.2, -0.15) is 4.89 Å². The number of allylic oxidation sites excluding steroid dienone is 1. The van der Waals surface area contributed by atoms with Crippen LogP contribution in [-0.4, -0.2) is 34.5 Å². The van der Waals surface area contributed by atoms with Crippen LogP contribution in [0.4, 0.5) is 0 Å². The number of hydrogen-bond donors (Lipinski definition) is 3. The maximum Gasteiger partial charge on any atom is 0.466 e. The topological polar surface area (TPSA) is 161 Å². The molecule has 1 saturated carbocycles. The molecule has 0 saturated heterocycles. The Morgan fingerprint density at radius 2 is 1.68 bits per heavy atom. The molecule has 0 aromatic rings. The Balaban J connectivity index is 0.00000129. The molecule has 0 aromatic heterocycles. The molecule has 168 valence electrons. The third-order valence-corrected chi connectivity index (χ3v) is 3.16. The van der Waals surface area contributed by atoms with E-state index in [9.17, 15) is 0 Å². The summed E-state index contributed by atoms with van der Waals surface area (Å²) >= 11 is 0. The molecule has 0 spiro atoms. The van der Waals surface area contributed by atoms with Crippen molar-refractivity contribution < 1.29 is 64.0 Å². The van der Waals surface area contributed by atoms with Crippen LogP contribution in [0.5, 0.6) is 0 Å². The first kappa shape index (κ1) is 27.3. The molecular weight excluding hydrogens is 407 g/mol. The first-order valence-corrected chi connectivity index (χ1v) is 10.2. The highest BCUT2D eigenvalue weighted by Crippen LogP contribution is 2.25. The summed E-state index contributed by atoms with van der Waals surface area (Å²) in [6.45, 7) is 2.20. The van der Waals surface area contributed by atoms with Gasteiger partial charge >= 0.3 is 7.82 Å². The fourth-order valence-electron chi connectivity index (χ4n) is 2.01. The molecule has 0 unspecified atom stereocenters. The lowest BCUT2D eigenvalue weighted by atomic mass is 9.98. The van der Waals surface area contributed by atoms with Crippen molar-refractivity contribution in [2.75, 3.05) is 13.7 Å². The number of rotatable bonds is 14. The van der Waals surface area contributed by atoms with E-state index in [4.69, 9.17) is 33.9 Å². The zero-order valence-electron chi connectivity index (χ0n) is 15.9. The van der Waals surface area contributed by atoms with Crippen molar-refractivity contribution in [2.45, 2.75) is 64.4 Å². The van der Waals surface area contributed by atoms with Crippen molar-refractivity contribution in [3.63, 3.8) is 0 Å². The van der Waals surface area contributed by atoms with Gasteiger partial charge in [-0.05, 0) is 50.5 Å². The van der Waals surface area contributed by atoms with Crippen LogP contribution in [0.2, 0.25) is 0 Å². The van der Waals surface area contributed by atoms with E-state index < -0.39 is 7.82 Å². The molecule has 14 heteroatoms. The Labute approximate surface area is 162 Å². The minimum Gasteiger partial charge on any atom is -0.313 e. The highest BCUT2D eigenvalue weighted by atomic mass is 31.2. The first-order valence-electron chi connectivity index (χ1n) is 8.66. The molecule has 1 aliphatic rings. The number of hydrogen-bond acceptors (Lipinski definition) is 10. The summed E-state index contributed by atoms with van der Waals surface area (Å²) < 4.78 is 8.88. The summed E-state index contributed by atoms with van der Waals surface area (Å²) in [5, 5.41) is 21.5. The van der Waals surface area contributed by atoms with Crippen LogP contribution in [0.25, 0.3) is 0 Å². The molecule has 13 nitrogen and oxygen atoms in total. The molecule has 1 fully saturated rings. The van der Waals surface area contributed by atoms with E-state index in [1.165, 1.54) is 13.5 Å². The standard InChI is InChI=1S/C14H26O9.H3O4P/c1-3-4-8-14(17-19-15-2)11-12-16-20-22-23-21-18-13-9-6-5-7-10-13;1-5(2,3)4/h8,13H,3-7,9-12H2,1-2H3;(H3,1,2,3,4). The summed E-state index contributed by atoms with van der Waals surface area (Å²) in [6.07, 6.45) is 9.46. The molecule has 0 bridgehead atoms. The van der Waals surface area contributed by atoms with Crippen molar-refractivity contribution in [3.8, 4) is 0 Å². The predicted octanol–water partition coefficient (Wildman–Crippen LogP) is 2.65. The molecule has 0 aromatic carbocycles. The van der Waals surface area contributed by atoms with Gasteiger partial charge in [-0.15, -0.1) is 0 Å². The van der Waals surface area contributed by atoms with Crippen molar-refractivity contribution in [2.24, 2.45) is 0 Å². The molecular formula is C14H29O13P. The van der Waals surface area contributed by atoms with Crippen molar-refractivity contribution >= 4 is 7.82 Å². The second-order valence-corrected chi connectivity index (χ2v) is 6.52. The summed E-state index contributed by atoms with van der Waals surface area (Å²) in [5.74, 6) is 0.551. The van der Waals surface area contributed by atoms with E-state index in [0.717, 1.165) is 38.5 Å². The second kappa shape index (κ2) is 18.4. The zero-order chi connectivity index (χ0) is 21.1. The molecule has 0 amide bonds. The maximum absolute atomic E-state index is 8.88. The molecule has 0 aliphatic heterocycles. The van der Waals surface area contributed by atoms with Gasteiger partial charge < -0.3 is 19.6 Å². The van der Waals surface area contributed by atoms with Gasteiger partial charge in [-0.25, -0.2) is 14.3 Å². The van der Waals surface area contributed by atoms with Crippen molar-refractivity contribution in [1.29, 1.82) is 0 Å². The van der Waals surface area contributed by atoms with E-state index in [-0.39, 0.29) is 12.7 Å². The first-order chi connectivity index (χ1) is 13.4. The van der Waals surface area contributed by atoms with E-state index in [0.29, 0.717) is 12.2 Å². The average molecular weight is 436 g/mol. The van der Waals surface area contributed by atoms with Crippen LogP contribution in [0.15, 0.2) is 11.8 Å². The Kier molecular flexibility index (Phi) is 17.9. The van der Waals surface area contributed by atoms with Crippen molar-refractivity contribution in [3.05, 3.63) is 11.8 Å². The minimum absolute atomic E-state index is 0.0254. The Bertz CT molecular complexity index is 413. The van der Waals surface area contributed by atoms with Crippen LogP contribution < -0.4 is 0 Å². The molecule has 3 N–H and O–H groups in total. The van der Waals surface area contributed by atoms with Crippen LogP contribution in [0, 0.1) is 0 Å². The molecule has 0 atom stereocenters. The highest BCUT2D eigenvalue weighted by molar-refractivity contribution is 7.45. The van der Waals surface area contributed by atoms with Gasteiger partial charge in [0.1, 0.15) is 5.76 Å². The Morgan fingerprint density at radius 1 is 1.04 bits per heavy atom. The van der Waals surface area contributed by atoms with Crippen LogP contribution in [0.1, 0.15) is 58.3 Å². The molecule has 0 heterocycles. The lowest BCUT2D eigenvalue weighted by Gasteiger charge is -2.18. The van der Waals surface area contributed by atoms with E-state index >= 15 is 0 Å². The predicted molar refractivity (Wildman–Crippen MR) is 89.3 cm³/mol. The summed E-state index contributed by atoms with van der Waals surface area (Å²) in [4.78, 5) is 40.5. The van der Waals surface area contributed by atoms with Crippen LogP contribution >= 0.6 is 7.82 Å². The molecule has 28 heavy (non-hydrogen) atoms. The number of unbranched alkanes of at least 4 members (excludes halogenated alkanes) is 1. The number of phosphoric acid groups is 1.